The minimum Gasteiger partial charge on any atom is -0.756 e. The molecule has 0 aromatic carbocycles. The lowest BCUT2D eigenvalue weighted by Gasteiger charge is -2.29. The molecule has 63 heavy (non-hydrogen) atoms. The van der Waals surface area contributed by atoms with Gasteiger partial charge in [0.15, 0.2) is 0 Å². The molecule has 0 heterocycles. The Morgan fingerprint density at radius 3 is 1.19 bits per heavy atom. The fourth-order valence-electron chi connectivity index (χ4n) is 8.39. The Morgan fingerprint density at radius 2 is 0.857 bits per heavy atom. The van der Waals surface area contributed by atoms with Crippen molar-refractivity contribution >= 4 is 13.7 Å². The maximum atomic E-state index is 12.9. The molecular formula is C54H109N2O6P. The summed E-state index contributed by atoms with van der Waals surface area (Å²) in [5.41, 5.74) is 0. The van der Waals surface area contributed by atoms with Crippen LogP contribution in [0.5, 0.6) is 0 Å². The van der Waals surface area contributed by atoms with Crippen LogP contribution >= 0.6 is 7.82 Å². The molecule has 0 aliphatic carbocycles. The first-order valence-electron chi connectivity index (χ1n) is 27.6. The Morgan fingerprint density at radius 1 is 0.540 bits per heavy atom. The van der Waals surface area contributed by atoms with Crippen molar-refractivity contribution in [3.63, 3.8) is 0 Å². The molecular weight excluding hydrogens is 804 g/mol. The molecule has 0 aromatic rings. The van der Waals surface area contributed by atoms with E-state index in [-0.39, 0.29) is 19.1 Å². The Balaban J connectivity index is 4.17. The van der Waals surface area contributed by atoms with Gasteiger partial charge in [-0.2, -0.15) is 0 Å². The van der Waals surface area contributed by atoms with E-state index in [1.54, 1.807) is 6.08 Å². The number of allylic oxidation sites excluding steroid dienone is 1. The van der Waals surface area contributed by atoms with Crippen LogP contribution in [0.4, 0.5) is 0 Å². The van der Waals surface area contributed by atoms with Crippen molar-refractivity contribution in [1.29, 1.82) is 0 Å². The van der Waals surface area contributed by atoms with Gasteiger partial charge in [0.25, 0.3) is 7.82 Å². The molecule has 2 N–H and O–H groups in total. The van der Waals surface area contributed by atoms with Crippen LogP contribution in [0.15, 0.2) is 12.2 Å². The van der Waals surface area contributed by atoms with Gasteiger partial charge in [-0.1, -0.05) is 264 Å². The lowest BCUT2D eigenvalue weighted by atomic mass is 10.0. The van der Waals surface area contributed by atoms with E-state index in [1.165, 1.54) is 218 Å². The van der Waals surface area contributed by atoms with Crippen molar-refractivity contribution in [1.82, 2.24) is 5.32 Å². The highest BCUT2D eigenvalue weighted by atomic mass is 31.2. The Kier molecular flexibility index (Phi) is 45.8. The Hall–Kier alpha value is -0.760. The molecule has 3 atom stereocenters. The van der Waals surface area contributed by atoms with E-state index in [4.69, 9.17) is 9.05 Å². The fourth-order valence-corrected chi connectivity index (χ4v) is 9.11. The molecule has 0 aliphatic rings. The summed E-state index contributed by atoms with van der Waals surface area (Å²) in [5, 5.41) is 13.9. The summed E-state index contributed by atoms with van der Waals surface area (Å²) in [5.74, 6) is -0.192. The molecule has 3 unspecified atom stereocenters. The molecule has 0 radical (unpaired) electrons. The maximum Gasteiger partial charge on any atom is 0.268 e. The number of carbonyl (C=O) groups excluding carboxylic acids is 1. The molecule has 8 nitrogen and oxygen atoms in total. The quantitative estimate of drug-likeness (QED) is 0.0272. The van der Waals surface area contributed by atoms with Crippen molar-refractivity contribution in [3.8, 4) is 0 Å². The third-order valence-corrected chi connectivity index (χ3v) is 13.7. The first kappa shape index (κ1) is 62.2. The van der Waals surface area contributed by atoms with E-state index in [1.807, 2.05) is 27.2 Å². The molecule has 0 saturated carbocycles. The van der Waals surface area contributed by atoms with Crippen LogP contribution in [0.2, 0.25) is 0 Å². The molecule has 1 amide bonds. The number of quaternary nitrogens is 1. The normalized spacial score (nSPS) is 14.1. The summed E-state index contributed by atoms with van der Waals surface area (Å²) >= 11 is 0. The van der Waals surface area contributed by atoms with E-state index in [9.17, 15) is 19.4 Å². The minimum absolute atomic E-state index is 0.00252. The van der Waals surface area contributed by atoms with Crippen LogP contribution in [0, 0.1) is 0 Å². The lowest BCUT2D eigenvalue weighted by Crippen LogP contribution is -2.45. The van der Waals surface area contributed by atoms with Crippen LogP contribution < -0.4 is 10.2 Å². The van der Waals surface area contributed by atoms with E-state index in [2.05, 4.69) is 19.2 Å². The highest BCUT2D eigenvalue weighted by molar-refractivity contribution is 7.45. The average molecular weight is 913 g/mol. The van der Waals surface area contributed by atoms with Gasteiger partial charge in [-0.25, -0.2) is 0 Å². The van der Waals surface area contributed by atoms with Gasteiger partial charge in [0, 0.05) is 6.42 Å². The number of phosphoric ester groups is 1. The van der Waals surface area contributed by atoms with Crippen LogP contribution in [-0.4, -0.2) is 68.5 Å². The Labute approximate surface area is 392 Å². The number of carbonyl (C=O) groups is 1. The number of unbranched alkanes of at least 4 members (excludes halogenated alkanes) is 38. The first-order valence-corrected chi connectivity index (χ1v) is 29.0. The summed E-state index contributed by atoms with van der Waals surface area (Å²) in [6.45, 7) is 4.69. The van der Waals surface area contributed by atoms with E-state index >= 15 is 0 Å². The second kappa shape index (κ2) is 46.4. The van der Waals surface area contributed by atoms with Gasteiger partial charge in [-0.05, 0) is 19.3 Å². The summed E-state index contributed by atoms with van der Waals surface area (Å²) in [6.07, 6.45) is 55.7. The topological polar surface area (TPSA) is 108 Å². The number of nitrogens with zero attached hydrogens (tertiary/aromatic N) is 1. The third-order valence-electron chi connectivity index (χ3n) is 12.7. The Bertz CT molecular complexity index is 1040. The lowest BCUT2D eigenvalue weighted by molar-refractivity contribution is -0.870. The number of rotatable bonds is 51. The van der Waals surface area contributed by atoms with Gasteiger partial charge < -0.3 is 28.8 Å². The van der Waals surface area contributed by atoms with Gasteiger partial charge in [0.05, 0.1) is 39.9 Å². The number of aliphatic hydroxyl groups is 1. The summed E-state index contributed by atoms with van der Waals surface area (Å²) < 4.78 is 23.3. The largest absolute Gasteiger partial charge is 0.756 e. The van der Waals surface area contributed by atoms with Gasteiger partial charge in [0.1, 0.15) is 13.2 Å². The van der Waals surface area contributed by atoms with Crippen molar-refractivity contribution in [2.45, 2.75) is 289 Å². The van der Waals surface area contributed by atoms with Crippen LogP contribution in [0.1, 0.15) is 277 Å². The van der Waals surface area contributed by atoms with Crippen LogP contribution in [-0.2, 0) is 18.4 Å². The third kappa shape index (κ3) is 49.0. The predicted molar refractivity (Wildman–Crippen MR) is 270 cm³/mol. The molecule has 0 saturated heterocycles. The van der Waals surface area contributed by atoms with Gasteiger partial charge in [-0.15, -0.1) is 0 Å². The molecule has 0 aliphatic heterocycles. The number of likely N-dealkylation sites (N-methyl/N-ethyl adjacent to an activating group) is 1. The molecule has 0 spiro atoms. The molecule has 9 heteroatoms. The van der Waals surface area contributed by atoms with Crippen molar-refractivity contribution in [3.05, 3.63) is 12.2 Å². The summed E-state index contributed by atoms with van der Waals surface area (Å²) in [4.78, 5) is 25.4. The average Bonchev–Trinajstić information content (AvgIpc) is 3.24. The van der Waals surface area contributed by atoms with Gasteiger partial charge in [-0.3, -0.25) is 9.36 Å². The number of nitrogens with one attached hydrogen (secondary N) is 1. The number of hydrogen-bond acceptors (Lipinski definition) is 6. The number of aliphatic hydroxyl groups excluding tert-OH is 1. The SMILES string of the molecule is CCCCCCCCCCCCCCCCCCCCCCCCCC/C=C/C(O)C(COP(=O)([O-])OCC[N+](C)(C)C)NC(=O)CCCCCCCCCCCCCCCCC. The summed E-state index contributed by atoms with van der Waals surface area (Å²) in [6, 6.07) is -0.881. The smallest absolute Gasteiger partial charge is 0.268 e. The fraction of sp³-hybridized carbons (Fsp3) is 0.944. The zero-order valence-electron chi connectivity index (χ0n) is 42.8. The van der Waals surface area contributed by atoms with Crippen molar-refractivity contribution in [2.75, 3.05) is 40.9 Å². The van der Waals surface area contributed by atoms with Crippen LogP contribution in [0.3, 0.4) is 0 Å². The molecule has 0 fully saturated rings. The summed E-state index contributed by atoms with van der Waals surface area (Å²) in [7, 11) is 1.28. The zero-order chi connectivity index (χ0) is 46.4. The second-order valence-corrected chi connectivity index (χ2v) is 21.7. The highest BCUT2D eigenvalue weighted by Crippen LogP contribution is 2.38. The van der Waals surface area contributed by atoms with Crippen molar-refractivity contribution < 1.29 is 32.9 Å². The zero-order valence-corrected chi connectivity index (χ0v) is 43.7. The van der Waals surface area contributed by atoms with Gasteiger partial charge >= 0.3 is 0 Å². The van der Waals surface area contributed by atoms with E-state index < -0.39 is 20.0 Å². The monoisotopic (exact) mass is 913 g/mol. The minimum atomic E-state index is -4.59. The highest BCUT2D eigenvalue weighted by Gasteiger charge is 2.23. The standard InChI is InChI=1S/C54H109N2O6P/c1-6-8-10-12-14-16-18-20-22-23-24-25-26-27-28-29-30-31-32-34-35-37-39-41-43-45-47-53(57)52(51-62-63(59,60)61-50-49-56(3,4)5)55-54(58)48-46-44-42-40-38-36-33-21-19-17-15-13-11-9-7-2/h45,47,52-53,57H,6-44,46,48-51H2,1-5H3,(H-,55,58,59,60)/b47-45+. The van der Waals surface area contributed by atoms with Crippen molar-refractivity contribution in [2.24, 2.45) is 0 Å². The number of phosphoric acid groups is 1. The molecule has 0 bridgehead atoms. The number of hydrogen-bond donors (Lipinski definition) is 2. The molecule has 0 rings (SSSR count). The maximum absolute atomic E-state index is 12.9. The van der Waals surface area contributed by atoms with Gasteiger partial charge in [0.2, 0.25) is 5.91 Å². The first-order chi connectivity index (χ1) is 30.5. The second-order valence-electron chi connectivity index (χ2n) is 20.3. The predicted octanol–water partition coefficient (Wildman–Crippen LogP) is 15.6. The van der Waals surface area contributed by atoms with E-state index in [0.29, 0.717) is 17.4 Å². The van der Waals surface area contributed by atoms with E-state index in [0.717, 1.165) is 38.5 Å². The van der Waals surface area contributed by atoms with Crippen LogP contribution in [0.25, 0.3) is 0 Å². The molecule has 0 aromatic heterocycles. The number of amides is 1. The molecule has 376 valence electrons.